The van der Waals surface area contributed by atoms with Crippen LogP contribution < -0.4 is 10.6 Å². The van der Waals surface area contributed by atoms with Gasteiger partial charge in [-0.3, -0.25) is 4.79 Å². The minimum atomic E-state index is -3.45. The summed E-state index contributed by atoms with van der Waals surface area (Å²) in [6, 6.07) is 11.3. The first-order valence-electron chi connectivity index (χ1n) is 9.22. The summed E-state index contributed by atoms with van der Waals surface area (Å²) < 4.78 is 26.6. The first-order chi connectivity index (χ1) is 13.3. The predicted molar refractivity (Wildman–Crippen MR) is 112 cm³/mol. The molecule has 1 saturated heterocycles. The van der Waals surface area contributed by atoms with Gasteiger partial charge in [-0.2, -0.15) is 4.31 Å². The van der Waals surface area contributed by atoms with Crippen LogP contribution in [0.4, 0.5) is 11.4 Å². The van der Waals surface area contributed by atoms with Gasteiger partial charge >= 0.3 is 0 Å². The van der Waals surface area contributed by atoms with Gasteiger partial charge in [-0.1, -0.05) is 17.7 Å². The third-order valence-corrected chi connectivity index (χ3v) is 7.18. The number of rotatable bonds is 6. The molecule has 0 spiro atoms. The molecular formula is C20H24ClN3O3S. The molecule has 0 saturated carbocycles. The average Bonchev–Trinajstić information content (AvgIpc) is 3.21. The van der Waals surface area contributed by atoms with Crippen LogP contribution in [0.1, 0.15) is 25.3 Å². The van der Waals surface area contributed by atoms with Crippen molar-refractivity contribution in [3.63, 3.8) is 0 Å². The maximum Gasteiger partial charge on any atom is 0.246 e. The van der Waals surface area contributed by atoms with Crippen LogP contribution in [0.5, 0.6) is 0 Å². The highest BCUT2D eigenvalue weighted by molar-refractivity contribution is 7.89. The molecule has 150 valence electrons. The second kappa shape index (κ2) is 8.51. The lowest BCUT2D eigenvalue weighted by molar-refractivity contribution is -0.116. The molecule has 2 aromatic rings. The van der Waals surface area contributed by atoms with Crippen LogP contribution >= 0.6 is 11.6 Å². The van der Waals surface area contributed by atoms with Crippen molar-refractivity contribution in [2.45, 2.75) is 37.6 Å². The number of halogens is 1. The Bertz CT molecular complexity index is 955. The normalized spacial score (nSPS) is 16.0. The summed E-state index contributed by atoms with van der Waals surface area (Å²) in [5, 5.41) is 6.58. The van der Waals surface area contributed by atoms with Gasteiger partial charge in [0.15, 0.2) is 0 Å². The molecule has 1 aliphatic heterocycles. The summed E-state index contributed by atoms with van der Waals surface area (Å²) in [5.41, 5.74) is 2.21. The van der Waals surface area contributed by atoms with E-state index in [9.17, 15) is 13.2 Å². The number of amides is 1. The van der Waals surface area contributed by atoms with Crippen molar-refractivity contribution >= 4 is 38.9 Å². The molecule has 1 atom stereocenters. The van der Waals surface area contributed by atoms with E-state index in [0.717, 1.165) is 24.1 Å². The van der Waals surface area contributed by atoms with E-state index in [1.165, 1.54) is 16.4 Å². The molecule has 1 amide bonds. The van der Waals surface area contributed by atoms with Crippen molar-refractivity contribution in [3.8, 4) is 0 Å². The van der Waals surface area contributed by atoms with Crippen LogP contribution in [-0.2, 0) is 14.8 Å². The third-order valence-electron chi connectivity index (χ3n) is 4.86. The van der Waals surface area contributed by atoms with Crippen molar-refractivity contribution < 1.29 is 13.2 Å². The Morgan fingerprint density at radius 3 is 2.39 bits per heavy atom. The van der Waals surface area contributed by atoms with E-state index in [-0.39, 0.29) is 10.8 Å². The number of carbonyl (C=O) groups excluding carboxylic acids is 1. The fourth-order valence-electron chi connectivity index (χ4n) is 3.10. The molecule has 1 aliphatic rings. The minimum Gasteiger partial charge on any atom is -0.374 e. The summed E-state index contributed by atoms with van der Waals surface area (Å²) in [6.07, 6.45) is 1.79. The molecule has 0 bridgehead atoms. The van der Waals surface area contributed by atoms with Crippen molar-refractivity contribution in [2.75, 3.05) is 23.7 Å². The van der Waals surface area contributed by atoms with Gasteiger partial charge in [-0.05, 0) is 68.7 Å². The Balaban J connectivity index is 1.64. The predicted octanol–water partition coefficient (Wildman–Crippen LogP) is 3.87. The van der Waals surface area contributed by atoms with Crippen molar-refractivity contribution in [1.82, 2.24) is 4.31 Å². The molecule has 8 heteroatoms. The van der Waals surface area contributed by atoms with Gasteiger partial charge < -0.3 is 10.6 Å². The van der Waals surface area contributed by atoms with Gasteiger partial charge in [0, 0.05) is 29.5 Å². The van der Waals surface area contributed by atoms with Crippen LogP contribution in [0.15, 0.2) is 47.4 Å². The molecule has 0 aromatic heterocycles. The van der Waals surface area contributed by atoms with Gasteiger partial charge in [0.2, 0.25) is 15.9 Å². The average molecular weight is 422 g/mol. The van der Waals surface area contributed by atoms with Crippen LogP contribution in [-0.4, -0.2) is 37.8 Å². The number of carbonyl (C=O) groups is 1. The highest BCUT2D eigenvalue weighted by Gasteiger charge is 2.27. The van der Waals surface area contributed by atoms with Crippen molar-refractivity contribution in [2.24, 2.45) is 0 Å². The van der Waals surface area contributed by atoms with E-state index < -0.39 is 16.1 Å². The second-order valence-corrected chi connectivity index (χ2v) is 9.25. The fraction of sp³-hybridized carbons (Fsp3) is 0.350. The van der Waals surface area contributed by atoms with Gasteiger partial charge in [0.25, 0.3) is 0 Å². The molecule has 28 heavy (non-hydrogen) atoms. The summed E-state index contributed by atoms with van der Waals surface area (Å²) in [5.74, 6) is -0.227. The number of anilines is 2. The molecule has 2 aromatic carbocycles. The standard InChI is InChI=1S/C20H24ClN3O3S/c1-14-18(21)6-5-7-19(14)22-15(2)20(25)23-16-8-10-17(11-9-16)28(26,27)24-12-3-4-13-24/h5-11,15,22H,3-4,12-13H2,1-2H3,(H,23,25)/t15-/m0/s1. The Hall–Kier alpha value is -2.09. The Morgan fingerprint density at radius 1 is 1.11 bits per heavy atom. The molecule has 1 heterocycles. The number of sulfonamides is 1. The van der Waals surface area contributed by atoms with Crippen molar-refractivity contribution in [3.05, 3.63) is 53.1 Å². The van der Waals surface area contributed by atoms with E-state index in [2.05, 4.69) is 10.6 Å². The van der Waals surface area contributed by atoms with E-state index in [0.29, 0.717) is 23.8 Å². The zero-order chi connectivity index (χ0) is 20.3. The number of hydrogen-bond acceptors (Lipinski definition) is 4. The highest BCUT2D eigenvalue weighted by atomic mass is 35.5. The lowest BCUT2D eigenvalue weighted by Crippen LogP contribution is -2.32. The van der Waals surface area contributed by atoms with Crippen LogP contribution in [0.2, 0.25) is 5.02 Å². The molecule has 0 radical (unpaired) electrons. The van der Waals surface area contributed by atoms with Gasteiger partial charge in [-0.15, -0.1) is 0 Å². The van der Waals surface area contributed by atoms with Crippen LogP contribution in [0.25, 0.3) is 0 Å². The van der Waals surface area contributed by atoms with E-state index in [1.807, 2.05) is 19.1 Å². The number of benzene rings is 2. The maximum atomic E-state index is 12.6. The third kappa shape index (κ3) is 4.48. The van der Waals surface area contributed by atoms with Gasteiger partial charge in [0.1, 0.15) is 6.04 Å². The summed E-state index contributed by atoms with van der Waals surface area (Å²) in [6.45, 7) is 4.76. The molecule has 3 rings (SSSR count). The zero-order valence-electron chi connectivity index (χ0n) is 15.9. The molecule has 0 aliphatic carbocycles. The highest BCUT2D eigenvalue weighted by Crippen LogP contribution is 2.24. The SMILES string of the molecule is Cc1c(Cl)cccc1N[C@@H](C)C(=O)Nc1ccc(S(=O)(=O)N2CCCC2)cc1. The first-order valence-corrected chi connectivity index (χ1v) is 11.0. The van der Waals surface area contributed by atoms with Crippen LogP contribution in [0.3, 0.4) is 0 Å². The second-order valence-electron chi connectivity index (χ2n) is 6.90. The maximum absolute atomic E-state index is 12.6. The summed E-state index contributed by atoms with van der Waals surface area (Å²) in [4.78, 5) is 12.7. The van der Waals surface area contributed by atoms with E-state index in [4.69, 9.17) is 11.6 Å². The summed E-state index contributed by atoms with van der Waals surface area (Å²) >= 11 is 6.11. The number of nitrogens with zero attached hydrogens (tertiary/aromatic N) is 1. The lowest BCUT2D eigenvalue weighted by atomic mass is 10.1. The summed E-state index contributed by atoms with van der Waals surface area (Å²) in [7, 11) is -3.45. The minimum absolute atomic E-state index is 0.227. The molecular weight excluding hydrogens is 398 g/mol. The van der Waals surface area contributed by atoms with Gasteiger partial charge in [-0.25, -0.2) is 8.42 Å². The Labute approximate surface area is 170 Å². The lowest BCUT2D eigenvalue weighted by Gasteiger charge is -2.18. The quantitative estimate of drug-likeness (QED) is 0.742. The molecule has 6 nitrogen and oxygen atoms in total. The first kappa shape index (κ1) is 20.6. The zero-order valence-corrected chi connectivity index (χ0v) is 17.5. The van der Waals surface area contributed by atoms with Crippen molar-refractivity contribution in [1.29, 1.82) is 0 Å². The Morgan fingerprint density at radius 2 is 1.75 bits per heavy atom. The largest absolute Gasteiger partial charge is 0.374 e. The Kier molecular flexibility index (Phi) is 6.27. The monoisotopic (exact) mass is 421 g/mol. The molecule has 0 unspecified atom stereocenters. The van der Waals surface area contributed by atoms with E-state index in [1.54, 1.807) is 25.1 Å². The topological polar surface area (TPSA) is 78.5 Å². The van der Waals surface area contributed by atoms with Crippen LogP contribution in [0, 0.1) is 6.92 Å². The number of hydrogen-bond donors (Lipinski definition) is 2. The molecule has 1 fully saturated rings. The van der Waals surface area contributed by atoms with E-state index >= 15 is 0 Å². The van der Waals surface area contributed by atoms with Gasteiger partial charge in [0.05, 0.1) is 4.90 Å². The number of nitrogens with one attached hydrogen (secondary N) is 2. The molecule has 2 N–H and O–H groups in total. The fourth-order valence-corrected chi connectivity index (χ4v) is 4.79. The smallest absolute Gasteiger partial charge is 0.246 e.